The highest BCUT2D eigenvalue weighted by Gasteiger charge is 2.14. The first kappa shape index (κ1) is 16.8. The monoisotopic (exact) mass is 416 g/mol. The fourth-order valence-corrected chi connectivity index (χ4v) is 3.24. The number of benzene rings is 1. The molecule has 2 heteroatoms. The van der Waals surface area contributed by atoms with Gasteiger partial charge in [0.2, 0.25) is 0 Å². The summed E-state index contributed by atoms with van der Waals surface area (Å²) in [6.45, 7) is 3.68. The lowest BCUT2D eigenvalue weighted by atomic mass is 10.1. The van der Waals surface area contributed by atoms with Crippen LogP contribution in [0.4, 0.5) is 0 Å². The van der Waals surface area contributed by atoms with Crippen molar-refractivity contribution in [2.45, 2.75) is 90.5 Å². The van der Waals surface area contributed by atoms with E-state index < -0.39 is 0 Å². The van der Waals surface area contributed by atoms with Crippen molar-refractivity contribution in [3.8, 4) is 0 Å². The molecule has 1 aromatic rings. The zero-order valence-corrected chi connectivity index (χ0v) is 18.3. The minimum Gasteiger partial charge on any atom is -1.00 e. The van der Waals surface area contributed by atoms with Gasteiger partial charge in [-0.05, 0) is 12.8 Å². The molecule has 1 nitrogen and oxygen atoms in total. The van der Waals surface area contributed by atoms with Crippen LogP contribution in [-0.2, 0) is 6.54 Å². The van der Waals surface area contributed by atoms with E-state index in [1.807, 2.05) is 0 Å². The first-order valence-corrected chi connectivity index (χ1v) is 10.1. The van der Waals surface area contributed by atoms with E-state index >= 15 is 0 Å². The lowest BCUT2D eigenvalue weighted by molar-refractivity contribution is -0.903. The lowest BCUT2D eigenvalue weighted by Crippen LogP contribution is -3.00. The number of rotatable bonds is 15. The van der Waals surface area contributed by atoms with Crippen LogP contribution in [0.25, 0.3) is 0 Å². The second kappa shape index (κ2) is 15.9. The Labute approximate surface area is 175 Å². The van der Waals surface area contributed by atoms with E-state index in [0.29, 0.717) is 16.6 Å². The van der Waals surface area contributed by atoms with E-state index in [9.17, 15) is 0 Å². The molecule has 0 unspecified atom stereocenters. The summed E-state index contributed by atoms with van der Waals surface area (Å²) in [6.07, 6.45) is 15.9. The van der Waals surface area contributed by atoms with Crippen LogP contribution in [0.3, 0.4) is 0 Å². The first-order chi connectivity index (χ1) is 13.7. The molecular formula is C23H42BrN. The van der Waals surface area contributed by atoms with Gasteiger partial charge >= 0.3 is 0 Å². The predicted octanol–water partition coefficient (Wildman–Crippen LogP) is 3.97. The zero-order valence-electron chi connectivity index (χ0n) is 21.7. The van der Waals surface area contributed by atoms with Gasteiger partial charge in [-0.2, -0.15) is 0 Å². The average molecular weight is 418 g/mol. The Morgan fingerprint density at radius 2 is 1.16 bits per heavy atom. The number of hydrogen-bond acceptors (Lipinski definition) is 0. The van der Waals surface area contributed by atoms with Crippen LogP contribution in [0.15, 0.2) is 30.2 Å². The molecule has 0 saturated heterocycles. The molecule has 0 aliphatic heterocycles. The van der Waals surface area contributed by atoms with Gasteiger partial charge in [-0.1, -0.05) is 101 Å². The van der Waals surface area contributed by atoms with Crippen molar-refractivity contribution < 1.29 is 28.3 Å². The van der Waals surface area contributed by atoms with Gasteiger partial charge in [-0.25, -0.2) is 0 Å². The van der Waals surface area contributed by atoms with Crippen LogP contribution in [0.5, 0.6) is 0 Å². The molecule has 0 aromatic heterocycles. The largest absolute Gasteiger partial charge is 1.00 e. The number of halogens is 1. The minimum atomic E-state index is -0.310. The Kier molecular flexibility index (Phi) is 10.7. The van der Waals surface area contributed by atoms with Crippen molar-refractivity contribution in [1.29, 1.82) is 0 Å². The van der Waals surface area contributed by atoms with Crippen LogP contribution >= 0.6 is 0 Å². The van der Waals surface area contributed by atoms with E-state index in [0.717, 1.165) is 13.0 Å². The molecule has 0 saturated carbocycles. The molecule has 0 heterocycles. The summed E-state index contributed by atoms with van der Waals surface area (Å²) in [5, 5.41) is 0. The maximum Gasteiger partial charge on any atom is 0.104 e. The maximum absolute atomic E-state index is 8.10. The highest BCUT2D eigenvalue weighted by molar-refractivity contribution is 5.13. The summed E-state index contributed by atoms with van der Waals surface area (Å²) in [5.74, 6) is 0. The van der Waals surface area contributed by atoms with Gasteiger partial charge in [0.15, 0.2) is 0 Å². The molecule has 0 amide bonds. The SMILES string of the molecule is [2H]c1c([2H])c([2H])c(C[N+](C)(C)CCCCCCCCCCCCCC)c([2H])c1[2H].[Br-]. The molecule has 0 atom stereocenters. The molecule has 1 rings (SSSR count). The van der Waals surface area contributed by atoms with Crippen molar-refractivity contribution in [1.82, 2.24) is 0 Å². The summed E-state index contributed by atoms with van der Waals surface area (Å²) in [5.41, 5.74) is 0.430. The molecule has 25 heavy (non-hydrogen) atoms. The Morgan fingerprint density at radius 1 is 0.720 bits per heavy atom. The molecule has 146 valence electrons. The Bertz CT molecular complexity index is 593. The lowest BCUT2D eigenvalue weighted by Gasteiger charge is -2.30. The smallest absolute Gasteiger partial charge is 0.104 e. The molecule has 1 aromatic carbocycles. The summed E-state index contributed by atoms with van der Waals surface area (Å²) < 4.78 is 40.2. The number of unbranched alkanes of at least 4 members (excludes halogenated alkanes) is 11. The van der Waals surface area contributed by atoms with Crippen molar-refractivity contribution in [3.63, 3.8) is 0 Å². The summed E-state index contributed by atoms with van der Waals surface area (Å²) in [4.78, 5) is 0. The van der Waals surface area contributed by atoms with Crippen molar-refractivity contribution >= 4 is 0 Å². The van der Waals surface area contributed by atoms with E-state index in [-0.39, 0.29) is 47.2 Å². The average Bonchev–Trinajstić information content (AvgIpc) is 2.69. The Morgan fingerprint density at radius 3 is 1.64 bits per heavy atom. The number of nitrogens with zero attached hydrogens (tertiary/aromatic N) is 1. The molecule has 0 aliphatic carbocycles. The molecule has 0 aliphatic rings. The second-order valence-electron chi connectivity index (χ2n) is 7.81. The molecular weight excluding hydrogens is 370 g/mol. The van der Waals surface area contributed by atoms with Crippen LogP contribution in [0, 0.1) is 0 Å². The molecule has 0 radical (unpaired) electrons. The summed E-state index contributed by atoms with van der Waals surface area (Å²) in [6, 6.07) is -0.887. The highest BCUT2D eigenvalue weighted by atomic mass is 79.9. The van der Waals surface area contributed by atoms with Gasteiger partial charge in [-0.15, -0.1) is 0 Å². The van der Waals surface area contributed by atoms with Gasteiger partial charge in [0.25, 0.3) is 0 Å². The predicted molar refractivity (Wildman–Crippen MR) is 108 cm³/mol. The van der Waals surface area contributed by atoms with E-state index in [1.165, 1.54) is 70.6 Å². The highest BCUT2D eigenvalue weighted by Crippen LogP contribution is 2.14. The normalized spacial score (nSPS) is 14.1. The van der Waals surface area contributed by atoms with Gasteiger partial charge in [0, 0.05) is 5.56 Å². The third-order valence-electron chi connectivity index (χ3n) is 4.75. The standard InChI is InChI=1S/C23H42N.BrH/c1-4-5-6-7-8-9-10-11-12-13-14-18-21-24(2,3)22-23-19-16-15-17-20-23;/h15-17,19-20H,4-14,18,21-22H2,1-3H3;1H/q+1;/p-1/i15D,16D,17D,19D,20D;. The third kappa shape index (κ3) is 14.5. The number of hydrogen-bond donors (Lipinski definition) is 0. The van der Waals surface area contributed by atoms with Crippen LogP contribution in [0.1, 0.15) is 96.4 Å². The van der Waals surface area contributed by atoms with Crippen LogP contribution in [0.2, 0.25) is 0 Å². The molecule has 0 spiro atoms. The summed E-state index contributed by atoms with van der Waals surface area (Å²) in [7, 11) is 4.17. The van der Waals surface area contributed by atoms with E-state index in [2.05, 4.69) is 21.0 Å². The molecule has 0 N–H and O–H groups in total. The van der Waals surface area contributed by atoms with Gasteiger partial charge < -0.3 is 21.5 Å². The molecule has 0 fully saturated rings. The molecule has 0 bridgehead atoms. The topological polar surface area (TPSA) is 0 Å². The fourth-order valence-electron chi connectivity index (χ4n) is 3.24. The van der Waals surface area contributed by atoms with Crippen molar-refractivity contribution in [2.24, 2.45) is 0 Å². The van der Waals surface area contributed by atoms with Crippen LogP contribution < -0.4 is 17.0 Å². The first-order valence-electron chi connectivity index (χ1n) is 12.6. The third-order valence-corrected chi connectivity index (χ3v) is 4.75. The quantitative estimate of drug-likeness (QED) is 0.299. The second-order valence-corrected chi connectivity index (χ2v) is 7.81. The Balaban J connectivity index is 0.00000841. The zero-order chi connectivity index (χ0) is 21.9. The fraction of sp³-hybridized carbons (Fsp3) is 0.739. The van der Waals surface area contributed by atoms with Gasteiger partial charge in [0.1, 0.15) is 6.54 Å². The van der Waals surface area contributed by atoms with Gasteiger partial charge in [-0.3, -0.25) is 0 Å². The van der Waals surface area contributed by atoms with Gasteiger partial charge in [0.05, 0.1) is 27.5 Å². The summed E-state index contributed by atoms with van der Waals surface area (Å²) >= 11 is 0. The van der Waals surface area contributed by atoms with Crippen molar-refractivity contribution in [2.75, 3.05) is 20.6 Å². The van der Waals surface area contributed by atoms with E-state index in [1.54, 1.807) is 0 Å². The van der Waals surface area contributed by atoms with Crippen molar-refractivity contribution in [3.05, 3.63) is 35.8 Å². The Hall–Kier alpha value is -0.340. The van der Waals surface area contributed by atoms with Crippen LogP contribution in [-0.4, -0.2) is 25.1 Å². The maximum atomic E-state index is 8.10. The number of quaternary nitrogens is 1. The van der Waals surface area contributed by atoms with E-state index in [4.69, 9.17) is 6.85 Å². The minimum absolute atomic E-state index is 0.